The van der Waals surface area contributed by atoms with Gasteiger partial charge in [0.25, 0.3) is 0 Å². The van der Waals surface area contributed by atoms with Crippen molar-refractivity contribution >= 4 is 22.6 Å². The van der Waals surface area contributed by atoms with Gasteiger partial charge in [-0.05, 0) is 48.4 Å². The second-order valence-corrected chi connectivity index (χ2v) is 4.39. The van der Waals surface area contributed by atoms with Crippen molar-refractivity contribution in [2.75, 3.05) is 0 Å². The molecule has 0 fully saturated rings. The quantitative estimate of drug-likeness (QED) is 0.777. The predicted octanol–water partition coefficient (Wildman–Crippen LogP) is 3.02. The predicted molar refractivity (Wildman–Crippen MR) is 59.2 cm³/mol. The zero-order valence-corrected chi connectivity index (χ0v) is 10.00. The van der Waals surface area contributed by atoms with Gasteiger partial charge in [0.1, 0.15) is 3.70 Å². The van der Waals surface area contributed by atoms with Gasteiger partial charge in [0, 0.05) is 6.20 Å². The van der Waals surface area contributed by atoms with Crippen molar-refractivity contribution in [2.24, 2.45) is 0 Å². The third kappa shape index (κ3) is 1.81. The molecule has 0 aliphatic heterocycles. The van der Waals surface area contributed by atoms with E-state index < -0.39 is 0 Å². The molecule has 1 aromatic heterocycles. The Hall–Kier alpha value is -0.0600. The molecule has 0 atom stereocenters. The van der Waals surface area contributed by atoms with E-state index in [-0.39, 0.29) is 5.54 Å². The zero-order valence-electron chi connectivity index (χ0n) is 7.84. The lowest BCUT2D eigenvalue weighted by Crippen LogP contribution is -2.28. The van der Waals surface area contributed by atoms with Gasteiger partial charge < -0.3 is 0 Å². The van der Waals surface area contributed by atoms with Gasteiger partial charge in [-0.3, -0.25) is 4.68 Å². The molecule has 0 spiro atoms. The number of hydrogen-bond acceptors (Lipinski definition) is 1. The Labute approximate surface area is 87.5 Å². The van der Waals surface area contributed by atoms with Crippen molar-refractivity contribution < 1.29 is 0 Å². The van der Waals surface area contributed by atoms with E-state index in [1.54, 1.807) is 0 Å². The van der Waals surface area contributed by atoms with Crippen molar-refractivity contribution in [2.45, 2.75) is 39.2 Å². The Kier molecular flexibility index (Phi) is 3.15. The first-order valence-corrected chi connectivity index (χ1v) is 5.42. The molecule has 2 nitrogen and oxygen atoms in total. The largest absolute Gasteiger partial charge is 0.266 e. The average molecular weight is 278 g/mol. The molecule has 0 unspecified atom stereocenters. The van der Waals surface area contributed by atoms with E-state index in [0.717, 1.165) is 16.5 Å². The second-order valence-electron chi connectivity index (χ2n) is 3.29. The molecule has 0 radical (unpaired) electrons. The third-order valence-electron chi connectivity index (χ3n) is 2.63. The first kappa shape index (κ1) is 10.0. The minimum absolute atomic E-state index is 0.198. The maximum absolute atomic E-state index is 4.43. The Balaban J connectivity index is 2.94. The Morgan fingerprint density at radius 1 is 1.50 bits per heavy atom. The van der Waals surface area contributed by atoms with E-state index in [1.165, 1.54) is 0 Å². The second kappa shape index (κ2) is 3.77. The topological polar surface area (TPSA) is 17.8 Å². The number of halogens is 1. The Morgan fingerprint density at radius 2 is 2.08 bits per heavy atom. The molecule has 12 heavy (non-hydrogen) atoms. The van der Waals surface area contributed by atoms with Crippen molar-refractivity contribution in [3.05, 3.63) is 16.0 Å². The van der Waals surface area contributed by atoms with Gasteiger partial charge in [0.2, 0.25) is 0 Å². The fraction of sp³-hybridized carbons (Fsp3) is 0.667. The molecule has 0 saturated carbocycles. The molecule has 0 aliphatic carbocycles. The first-order valence-electron chi connectivity index (χ1n) is 4.34. The average Bonchev–Trinajstić information content (AvgIpc) is 2.51. The van der Waals surface area contributed by atoms with Crippen LogP contribution in [0.2, 0.25) is 0 Å². The molecule has 1 heterocycles. The van der Waals surface area contributed by atoms with E-state index in [4.69, 9.17) is 0 Å². The van der Waals surface area contributed by atoms with Crippen LogP contribution in [0.4, 0.5) is 0 Å². The van der Waals surface area contributed by atoms with Gasteiger partial charge in [-0.2, -0.15) is 5.10 Å². The van der Waals surface area contributed by atoms with E-state index in [2.05, 4.69) is 59.3 Å². The van der Waals surface area contributed by atoms with Crippen molar-refractivity contribution in [1.29, 1.82) is 0 Å². The lowest BCUT2D eigenvalue weighted by Gasteiger charge is -2.27. The lowest BCUT2D eigenvalue weighted by atomic mass is 9.96. The molecule has 1 rings (SSSR count). The summed E-state index contributed by atoms with van der Waals surface area (Å²) in [6.07, 6.45) is 4.32. The summed E-state index contributed by atoms with van der Waals surface area (Å²) in [5, 5.41) is 4.43. The summed E-state index contributed by atoms with van der Waals surface area (Å²) in [5.74, 6) is 0. The summed E-state index contributed by atoms with van der Waals surface area (Å²) in [7, 11) is 0. The summed E-state index contributed by atoms with van der Waals surface area (Å²) in [5.41, 5.74) is 0.198. The molecule has 3 heteroatoms. The lowest BCUT2D eigenvalue weighted by molar-refractivity contribution is 0.263. The number of aromatic nitrogens is 2. The van der Waals surface area contributed by atoms with Crippen LogP contribution in [0, 0.1) is 3.70 Å². The van der Waals surface area contributed by atoms with Gasteiger partial charge in [-0.15, -0.1) is 0 Å². The summed E-state index contributed by atoms with van der Waals surface area (Å²) in [6, 6.07) is 2.05. The van der Waals surface area contributed by atoms with Crippen LogP contribution in [0.5, 0.6) is 0 Å². The Bertz CT molecular complexity index is 251. The summed E-state index contributed by atoms with van der Waals surface area (Å²) >= 11 is 2.24. The summed E-state index contributed by atoms with van der Waals surface area (Å²) in [6.45, 7) is 6.66. The molecule has 0 aromatic carbocycles. The molecular weight excluding hydrogens is 263 g/mol. The van der Waals surface area contributed by atoms with Gasteiger partial charge in [-0.1, -0.05) is 13.8 Å². The van der Waals surface area contributed by atoms with E-state index in [9.17, 15) is 0 Å². The monoisotopic (exact) mass is 278 g/mol. The maximum Gasteiger partial charge on any atom is 0.123 e. The highest BCUT2D eigenvalue weighted by Crippen LogP contribution is 2.23. The highest BCUT2D eigenvalue weighted by Gasteiger charge is 2.22. The SMILES string of the molecule is CCC(C)(CC)n1ccc(I)n1. The first-order chi connectivity index (χ1) is 5.62. The van der Waals surface area contributed by atoms with E-state index in [1.807, 2.05) is 6.07 Å². The normalized spacial score (nSPS) is 12.0. The molecule has 0 amide bonds. The van der Waals surface area contributed by atoms with E-state index >= 15 is 0 Å². The molecule has 0 N–H and O–H groups in total. The minimum atomic E-state index is 0.198. The van der Waals surface area contributed by atoms with Crippen LogP contribution in [-0.2, 0) is 5.54 Å². The fourth-order valence-corrected chi connectivity index (χ4v) is 1.57. The highest BCUT2D eigenvalue weighted by molar-refractivity contribution is 14.1. The van der Waals surface area contributed by atoms with Crippen LogP contribution in [0.15, 0.2) is 12.3 Å². The van der Waals surface area contributed by atoms with Crippen LogP contribution in [0.3, 0.4) is 0 Å². The Morgan fingerprint density at radius 3 is 2.42 bits per heavy atom. The number of nitrogens with zero attached hydrogens (tertiary/aromatic N) is 2. The van der Waals surface area contributed by atoms with E-state index in [0.29, 0.717) is 0 Å². The molecule has 0 aliphatic rings. The van der Waals surface area contributed by atoms with Crippen molar-refractivity contribution in [3.8, 4) is 0 Å². The highest BCUT2D eigenvalue weighted by atomic mass is 127. The number of rotatable bonds is 3. The minimum Gasteiger partial charge on any atom is -0.266 e. The third-order valence-corrected chi connectivity index (χ3v) is 3.21. The molecular formula is C9H15IN2. The molecule has 68 valence electrons. The van der Waals surface area contributed by atoms with Crippen LogP contribution < -0.4 is 0 Å². The molecule has 0 bridgehead atoms. The smallest absolute Gasteiger partial charge is 0.123 e. The van der Waals surface area contributed by atoms with Gasteiger partial charge in [-0.25, -0.2) is 0 Å². The van der Waals surface area contributed by atoms with Crippen molar-refractivity contribution in [1.82, 2.24) is 9.78 Å². The van der Waals surface area contributed by atoms with Crippen LogP contribution in [-0.4, -0.2) is 9.78 Å². The van der Waals surface area contributed by atoms with Gasteiger partial charge >= 0.3 is 0 Å². The van der Waals surface area contributed by atoms with Crippen LogP contribution in [0.1, 0.15) is 33.6 Å². The van der Waals surface area contributed by atoms with Gasteiger partial charge in [0.15, 0.2) is 0 Å². The van der Waals surface area contributed by atoms with Crippen molar-refractivity contribution in [3.63, 3.8) is 0 Å². The van der Waals surface area contributed by atoms with Crippen LogP contribution in [0.25, 0.3) is 0 Å². The standard InChI is InChI=1S/C9H15IN2/c1-4-9(3,5-2)12-7-6-8(10)11-12/h6-7H,4-5H2,1-3H3. The van der Waals surface area contributed by atoms with Crippen LogP contribution >= 0.6 is 22.6 Å². The fourth-order valence-electron chi connectivity index (χ4n) is 1.18. The maximum atomic E-state index is 4.43. The summed E-state index contributed by atoms with van der Waals surface area (Å²) < 4.78 is 3.15. The van der Waals surface area contributed by atoms with Gasteiger partial charge in [0.05, 0.1) is 5.54 Å². The summed E-state index contributed by atoms with van der Waals surface area (Å²) in [4.78, 5) is 0. The molecule has 1 aromatic rings. The number of hydrogen-bond donors (Lipinski definition) is 0. The zero-order chi connectivity index (χ0) is 9.19. The molecule has 0 saturated heterocycles.